The van der Waals surface area contributed by atoms with E-state index in [1.165, 1.54) is 32.8 Å². The van der Waals surface area contributed by atoms with Crippen LogP contribution in [0.15, 0.2) is 72.1 Å². The first-order chi connectivity index (χ1) is 14.6. The highest BCUT2D eigenvalue weighted by Gasteiger charge is 2.13. The molecule has 0 saturated carbocycles. The molecule has 1 N–H and O–H groups in total. The van der Waals surface area contributed by atoms with E-state index >= 15 is 0 Å². The summed E-state index contributed by atoms with van der Waals surface area (Å²) < 4.78 is 15.7. The minimum Gasteiger partial charge on any atom is -0.493 e. The van der Waals surface area contributed by atoms with Crippen LogP contribution in [0, 0.1) is 0 Å². The highest BCUT2D eigenvalue weighted by Crippen LogP contribution is 2.28. The summed E-state index contributed by atoms with van der Waals surface area (Å²) in [5, 5.41) is 3.91. The van der Waals surface area contributed by atoms with Crippen molar-refractivity contribution in [3.63, 3.8) is 0 Å². The smallest absolute Gasteiger partial charge is 0.343 e. The van der Waals surface area contributed by atoms with Crippen LogP contribution in [0.4, 0.5) is 0 Å². The Morgan fingerprint density at radius 2 is 1.60 bits per heavy atom. The molecule has 0 unspecified atom stereocenters. The Morgan fingerprint density at radius 1 is 0.900 bits per heavy atom. The summed E-state index contributed by atoms with van der Waals surface area (Å²) >= 11 is 0. The average molecular weight is 405 g/mol. The second-order valence-corrected chi connectivity index (χ2v) is 5.96. The molecular weight excluding hydrogens is 386 g/mol. The molecule has 0 aliphatic rings. The quantitative estimate of drug-likeness (QED) is 0.281. The van der Waals surface area contributed by atoms with Gasteiger partial charge in [-0.05, 0) is 60.2 Å². The molecule has 1 amide bonds. The van der Waals surface area contributed by atoms with Gasteiger partial charge in [-0.2, -0.15) is 5.10 Å². The summed E-state index contributed by atoms with van der Waals surface area (Å²) in [6.07, 6.45) is 4.54. The van der Waals surface area contributed by atoms with Crippen molar-refractivity contribution in [2.75, 3.05) is 14.2 Å². The van der Waals surface area contributed by atoms with E-state index in [2.05, 4.69) is 15.5 Å². The van der Waals surface area contributed by atoms with Gasteiger partial charge in [0, 0.05) is 18.0 Å². The molecule has 1 aromatic heterocycles. The van der Waals surface area contributed by atoms with Crippen LogP contribution in [0.3, 0.4) is 0 Å². The van der Waals surface area contributed by atoms with Crippen LogP contribution in [-0.4, -0.2) is 37.3 Å². The summed E-state index contributed by atoms with van der Waals surface area (Å²) in [4.78, 5) is 28.1. The third-order valence-electron chi connectivity index (χ3n) is 4.03. The van der Waals surface area contributed by atoms with Gasteiger partial charge in [0.2, 0.25) is 0 Å². The SMILES string of the molecule is COc1ccc(C(=O)Oc2ccc(/C=N\NC(=O)c3ccncc3)cc2)cc1OC. The molecule has 1 heterocycles. The number of esters is 1. The highest BCUT2D eigenvalue weighted by molar-refractivity contribution is 5.94. The lowest BCUT2D eigenvalue weighted by Gasteiger charge is -2.09. The zero-order valence-electron chi connectivity index (χ0n) is 16.4. The van der Waals surface area contributed by atoms with Gasteiger partial charge < -0.3 is 14.2 Å². The zero-order valence-corrected chi connectivity index (χ0v) is 16.4. The van der Waals surface area contributed by atoms with Gasteiger partial charge in [-0.25, -0.2) is 10.2 Å². The molecule has 8 heteroatoms. The summed E-state index contributed by atoms with van der Waals surface area (Å²) in [7, 11) is 3.01. The molecule has 0 aliphatic carbocycles. The van der Waals surface area contributed by atoms with Gasteiger partial charge >= 0.3 is 5.97 Å². The van der Waals surface area contributed by atoms with Crippen molar-refractivity contribution in [2.24, 2.45) is 5.10 Å². The number of hydrazone groups is 1. The van der Waals surface area contributed by atoms with E-state index in [0.29, 0.717) is 28.4 Å². The number of carbonyl (C=O) groups is 2. The average Bonchev–Trinajstić information content (AvgIpc) is 2.80. The molecule has 0 spiro atoms. The Bertz CT molecular complexity index is 1050. The first-order valence-electron chi connectivity index (χ1n) is 8.88. The van der Waals surface area contributed by atoms with Crippen molar-refractivity contribution in [1.29, 1.82) is 0 Å². The standard InChI is InChI=1S/C22H19N3O5/c1-28-19-8-5-17(13-20(19)29-2)22(27)30-18-6-3-15(4-7-18)14-24-25-21(26)16-9-11-23-12-10-16/h3-14H,1-2H3,(H,25,26)/b24-14-. The predicted octanol–water partition coefficient (Wildman–Crippen LogP) is 3.08. The Kier molecular flexibility index (Phi) is 6.73. The number of methoxy groups -OCH3 is 2. The lowest BCUT2D eigenvalue weighted by atomic mass is 10.2. The number of rotatable bonds is 7. The van der Waals surface area contributed by atoms with Crippen LogP contribution in [0.5, 0.6) is 17.2 Å². The van der Waals surface area contributed by atoms with Crippen LogP contribution in [0.2, 0.25) is 0 Å². The molecule has 3 aromatic rings. The number of benzene rings is 2. The van der Waals surface area contributed by atoms with E-state index in [1.54, 1.807) is 54.6 Å². The van der Waals surface area contributed by atoms with Crippen LogP contribution in [-0.2, 0) is 0 Å². The fourth-order valence-electron chi connectivity index (χ4n) is 2.48. The maximum Gasteiger partial charge on any atom is 0.343 e. The zero-order chi connectivity index (χ0) is 21.3. The molecule has 8 nitrogen and oxygen atoms in total. The number of ether oxygens (including phenoxy) is 3. The maximum absolute atomic E-state index is 12.4. The molecular formula is C22H19N3O5. The van der Waals surface area contributed by atoms with E-state index < -0.39 is 5.97 Å². The normalized spacial score (nSPS) is 10.5. The number of hydrogen-bond donors (Lipinski definition) is 1. The van der Waals surface area contributed by atoms with Crippen molar-refractivity contribution in [1.82, 2.24) is 10.4 Å². The first-order valence-corrected chi connectivity index (χ1v) is 8.88. The summed E-state index contributed by atoms with van der Waals surface area (Å²) in [6, 6.07) is 14.6. The van der Waals surface area contributed by atoms with Gasteiger partial charge in [0.1, 0.15) is 5.75 Å². The number of nitrogens with zero attached hydrogens (tertiary/aromatic N) is 2. The number of amides is 1. The van der Waals surface area contributed by atoms with E-state index in [4.69, 9.17) is 14.2 Å². The Hall–Kier alpha value is -4.20. The van der Waals surface area contributed by atoms with Crippen LogP contribution in [0.25, 0.3) is 0 Å². The summed E-state index contributed by atoms with van der Waals surface area (Å²) in [5.74, 6) is 0.463. The van der Waals surface area contributed by atoms with Crippen molar-refractivity contribution in [3.8, 4) is 17.2 Å². The number of pyridine rings is 1. The van der Waals surface area contributed by atoms with E-state index in [1.807, 2.05) is 0 Å². The molecule has 0 aliphatic heterocycles. The molecule has 152 valence electrons. The van der Waals surface area contributed by atoms with Gasteiger partial charge in [-0.3, -0.25) is 9.78 Å². The van der Waals surface area contributed by atoms with Crippen LogP contribution < -0.4 is 19.6 Å². The Balaban J connectivity index is 1.59. The van der Waals surface area contributed by atoms with Crippen molar-refractivity contribution in [3.05, 3.63) is 83.7 Å². The summed E-state index contributed by atoms with van der Waals surface area (Å²) in [6.45, 7) is 0. The monoisotopic (exact) mass is 405 g/mol. The second kappa shape index (κ2) is 9.83. The van der Waals surface area contributed by atoms with Crippen LogP contribution in [0.1, 0.15) is 26.3 Å². The van der Waals surface area contributed by atoms with Gasteiger partial charge in [-0.15, -0.1) is 0 Å². The Morgan fingerprint density at radius 3 is 2.27 bits per heavy atom. The number of hydrogen-bond acceptors (Lipinski definition) is 7. The lowest BCUT2D eigenvalue weighted by molar-refractivity contribution is 0.0734. The minimum atomic E-state index is -0.526. The minimum absolute atomic E-state index is 0.331. The molecule has 30 heavy (non-hydrogen) atoms. The van der Waals surface area contributed by atoms with Gasteiger partial charge in [0.15, 0.2) is 11.5 Å². The molecule has 0 fully saturated rings. The lowest BCUT2D eigenvalue weighted by Crippen LogP contribution is -2.17. The topological polar surface area (TPSA) is 99.1 Å². The molecule has 0 atom stereocenters. The van der Waals surface area contributed by atoms with Crippen molar-refractivity contribution < 1.29 is 23.8 Å². The van der Waals surface area contributed by atoms with Gasteiger partial charge in [0.25, 0.3) is 5.91 Å². The number of carbonyl (C=O) groups excluding carboxylic acids is 2. The van der Waals surface area contributed by atoms with Gasteiger partial charge in [0.05, 0.1) is 26.0 Å². The van der Waals surface area contributed by atoms with E-state index in [0.717, 1.165) is 5.56 Å². The third kappa shape index (κ3) is 5.20. The molecule has 2 aromatic carbocycles. The van der Waals surface area contributed by atoms with Crippen molar-refractivity contribution >= 4 is 18.1 Å². The first kappa shape index (κ1) is 20.5. The fraction of sp³-hybridized carbons (Fsp3) is 0.0909. The number of nitrogens with one attached hydrogen (secondary N) is 1. The summed E-state index contributed by atoms with van der Waals surface area (Å²) in [5.41, 5.74) is 3.94. The molecule has 0 bridgehead atoms. The predicted molar refractivity (Wildman–Crippen MR) is 110 cm³/mol. The molecule has 3 rings (SSSR count). The van der Waals surface area contributed by atoms with Gasteiger partial charge in [-0.1, -0.05) is 0 Å². The second-order valence-electron chi connectivity index (χ2n) is 5.96. The molecule has 0 saturated heterocycles. The van der Waals surface area contributed by atoms with Crippen molar-refractivity contribution in [2.45, 2.75) is 0 Å². The Labute approximate surface area is 173 Å². The fourth-order valence-corrected chi connectivity index (χ4v) is 2.48. The maximum atomic E-state index is 12.4. The third-order valence-corrected chi connectivity index (χ3v) is 4.03. The van der Waals surface area contributed by atoms with E-state index in [9.17, 15) is 9.59 Å². The largest absolute Gasteiger partial charge is 0.493 e. The highest BCUT2D eigenvalue weighted by atomic mass is 16.5. The molecule has 0 radical (unpaired) electrons. The number of aromatic nitrogens is 1. The van der Waals surface area contributed by atoms with Crippen LogP contribution >= 0.6 is 0 Å². The van der Waals surface area contributed by atoms with E-state index in [-0.39, 0.29) is 5.91 Å².